The molecule has 1 aliphatic carbocycles. The zero-order valence-electron chi connectivity index (χ0n) is 11.7. The topological polar surface area (TPSA) is 42.4 Å². The SMILES string of the molecule is CCCCN(C1CC1)C(CN)c1ccc(CC)o1. The summed E-state index contributed by atoms with van der Waals surface area (Å²) in [4.78, 5) is 2.56. The second-order valence-electron chi connectivity index (χ2n) is 5.23. The Morgan fingerprint density at radius 1 is 1.39 bits per heavy atom. The molecule has 0 radical (unpaired) electrons. The van der Waals surface area contributed by atoms with Gasteiger partial charge in [0.05, 0.1) is 6.04 Å². The number of aryl methyl sites for hydroxylation is 1. The van der Waals surface area contributed by atoms with Gasteiger partial charge in [-0.2, -0.15) is 0 Å². The van der Waals surface area contributed by atoms with Crippen molar-refractivity contribution < 1.29 is 4.42 Å². The van der Waals surface area contributed by atoms with E-state index in [-0.39, 0.29) is 6.04 Å². The van der Waals surface area contributed by atoms with Gasteiger partial charge in [0.1, 0.15) is 11.5 Å². The predicted octanol–water partition coefficient (Wildman–Crippen LogP) is 3.11. The van der Waals surface area contributed by atoms with Gasteiger partial charge < -0.3 is 10.2 Å². The van der Waals surface area contributed by atoms with Crippen LogP contribution in [0, 0.1) is 0 Å². The highest BCUT2D eigenvalue weighted by Crippen LogP contribution is 2.34. The molecule has 1 unspecified atom stereocenters. The maximum atomic E-state index is 5.99. The van der Waals surface area contributed by atoms with E-state index in [2.05, 4.69) is 30.9 Å². The van der Waals surface area contributed by atoms with Crippen LogP contribution in [0.25, 0.3) is 0 Å². The summed E-state index contributed by atoms with van der Waals surface area (Å²) in [6.07, 6.45) is 6.08. The standard InChI is InChI=1S/C15H26N2O/c1-3-5-10-17(12-6-7-12)14(11-16)15-9-8-13(4-2)18-15/h8-9,12,14H,3-7,10-11,16H2,1-2H3. The van der Waals surface area contributed by atoms with E-state index in [9.17, 15) is 0 Å². The smallest absolute Gasteiger partial charge is 0.122 e. The molecule has 1 atom stereocenters. The van der Waals surface area contributed by atoms with E-state index >= 15 is 0 Å². The number of furan rings is 1. The first-order chi connectivity index (χ1) is 8.80. The van der Waals surface area contributed by atoms with E-state index in [4.69, 9.17) is 10.2 Å². The average Bonchev–Trinajstić information content (AvgIpc) is 3.12. The van der Waals surface area contributed by atoms with E-state index in [1.165, 1.54) is 25.7 Å². The van der Waals surface area contributed by atoms with Gasteiger partial charge in [0.25, 0.3) is 0 Å². The first kappa shape index (κ1) is 13.6. The van der Waals surface area contributed by atoms with Crippen LogP contribution in [-0.4, -0.2) is 24.0 Å². The maximum absolute atomic E-state index is 5.99. The summed E-state index contributed by atoms with van der Waals surface area (Å²) in [6, 6.07) is 5.20. The Morgan fingerprint density at radius 3 is 2.67 bits per heavy atom. The van der Waals surface area contributed by atoms with E-state index in [0.29, 0.717) is 6.54 Å². The minimum Gasteiger partial charge on any atom is -0.464 e. The van der Waals surface area contributed by atoms with Crippen LogP contribution in [-0.2, 0) is 6.42 Å². The van der Waals surface area contributed by atoms with Gasteiger partial charge >= 0.3 is 0 Å². The maximum Gasteiger partial charge on any atom is 0.122 e. The molecule has 1 fully saturated rings. The molecule has 0 aromatic carbocycles. The summed E-state index contributed by atoms with van der Waals surface area (Å²) < 4.78 is 5.90. The van der Waals surface area contributed by atoms with Gasteiger partial charge in [0.15, 0.2) is 0 Å². The second-order valence-corrected chi connectivity index (χ2v) is 5.23. The number of hydrogen-bond donors (Lipinski definition) is 1. The molecule has 1 aromatic rings. The summed E-state index contributed by atoms with van der Waals surface area (Å²) >= 11 is 0. The Hall–Kier alpha value is -0.800. The average molecular weight is 250 g/mol. The predicted molar refractivity (Wildman–Crippen MR) is 74.5 cm³/mol. The Kier molecular flexibility index (Phi) is 4.84. The van der Waals surface area contributed by atoms with Gasteiger partial charge in [-0.25, -0.2) is 0 Å². The minimum atomic E-state index is 0.268. The molecule has 18 heavy (non-hydrogen) atoms. The molecular weight excluding hydrogens is 224 g/mol. The van der Waals surface area contributed by atoms with Crippen molar-refractivity contribution in [3.63, 3.8) is 0 Å². The lowest BCUT2D eigenvalue weighted by Crippen LogP contribution is -2.36. The molecular formula is C15H26N2O. The number of unbranched alkanes of at least 4 members (excludes halogenated alkanes) is 1. The fraction of sp³-hybridized carbons (Fsp3) is 0.733. The molecule has 1 aromatic heterocycles. The van der Waals surface area contributed by atoms with Crippen LogP contribution in [0.3, 0.4) is 0 Å². The first-order valence-electron chi connectivity index (χ1n) is 7.34. The zero-order valence-corrected chi connectivity index (χ0v) is 11.7. The lowest BCUT2D eigenvalue weighted by molar-refractivity contribution is 0.165. The lowest BCUT2D eigenvalue weighted by atomic mass is 10.1. The van der Waals surface area contributed by atoms with Gasteiger partial charge in [0, 0.05) is 19.0 Å². The molecule has 0 aliphatic heterocycles. The van der Waals surface area contributed by atoms with Crippen LogP contribution in [0.4, 0.5) is 0 Å². The van der Waals surface area contributed by atoms with Gasteiger partial charge in [-0.1, -0.05) is 20.3 Å². The van der Waals surface area contributed by atoms with E-state index in [1.54, 1.807) is 0 Å². The molecule has 2 N–H and O–H groups in total. The Morgan fingerprint density at radius 2 is 2.17 bits per heavy atom. The fourth-order valence-corrected chi connectivity index (χ4v) is 2.52. The molecule has 1 heterocycles. The molecule has 102 valence electrons. The molecule has 0 spiro atoms. The van der Waals surface area contributed by atoms with Crippen LogP contribution in [0.2, 0.25) is 0 Å². The van der Waals surface area contributed by atoms with Crippen molar-refractivity contribution in [2.75, 3.05) is 13.1 Å². The molecule has 2 rings (SSSR count). The van der Waals surface area contributed by atoms with Crippen LogP contribution in [0.1, 0.15) is 57.1 Å². The Bertz CT molecular complexity index is 357. The van der Waals surface area contributed by atoms with Crippen LogP contribution in [0.15, 0.2) is 16.5 Å². The highest BCUT2D eigenvalue weighted by atomic mass is 16.3. The summed E-state index contributed by atoms with van der Waals surface area (Å²) in [6.45, 7) is 6.16. The number of nitrogens with zero attached hydrogens (tertiary/aromatic N) is 1. The summed E-state index contributed by atoms with van der Waals surface area (Å²) in [7, 11) is 0. The second kappa shape index (κ2) is 6.39. The highest BCUT2D eigenvalue weighted by Gasteiger charge is 2.34. The molecule has 0 saturated heterocycles. The quantitative estimate of drug-likeness (QED) is 0.771. The van der Waals surface area contributed by atoms with Crippen LogP contribution < -0.4 is 5.73 Å². The third-order valence-electron chi connectivity index (χ3n) is 3.77. The molecule has 1 saturated carbocycles. The Balaban J connectivity index is 2.08. The van der Waals surface area contributed by atoms with E-state index in [0.717, 1.165) is 30.5 Å². The fourth-order valence-electron chi connectivity index (χ4n) is 2.52. The number of hydrogen-bond acceptors (Lipinski definition) is 3. The third kappa shape index (κ3) is 3.15. The lowest BCUT2D eigenvalue weighted by Gasteiger charge is -2.29. The van der Waals surface area contributed by atoms with Gasteiger partial charge in [0.2, 0.25) is 0 Å². The van der Waals surface area contributed by atoms with Crippen molar-refractivity contribution in [2.45, 2.75) is 58.0 Å². The van der Waals surface area contributed by atoms with Crippen LogP contribution >= 0.6 is 0 Å². The summed E-state index contributed by atoms with van der Waals surface area (Å²) in [5, 5.41) is 0. The van der Waals surface area contributed by atoms with E-state index in [1.807, 2.05) is 0 Å². The molecule has 1 aliphatic rings. The minimum absolute atomic E-state index is 0.268. The molecule has 3 heteroatoms. The van der Waals surface area contributed by atoms with Crippen molar-refractivity contribution in [3.8, 4) is 0 Å². The van der Waals surface area contributed by atoms with E-state index < -0.39 is 0 Å². The van der Waals surface area contributed by atoms with Gasteiger partial charge in [-0.05, 0) is 37.9 Å². The van der Waals surface area contributed by atoms with Crippen molar-refractivity contribution in [2.24, 2.45) is 5.73 Å². The van der Waals surface area contributed by atoms with Crippen molar-refractivity contribution in [1.29, 1.82) is 0 Å². The number of rotatable bonds is 8. The van der Waals surface area contributed by atoms with Crippen molar-refractivity contribution in [3.05, 3.63) is 23.7 Å². The molecule has 3 nitrogen and oxygen atoms in total. The first-order valence-corrected chi connectivity index (χ1v) is 7.34. The highest BCUT2D eigenvalue weighted by molar-refractivity contribution is 5.12. The summed E-state index contributed by atoms with van der Waals surface area (Å²) in [5.41, 5.74) is 5.99. The largest absolute Gasteiger partial charge is 0.464 e. The zero-order chi connectivity index (χ0) is 13.0. The Labute approximate surface area is 110 Å². The summed E-state index contributed by atoms with van der Waals surface area (Å²) in [5.74, 6) is 2.12. The molecule has 0 bridgehead atoms. The normalized spacial score (nSPS) is 17.3. The number of nitrogens with two attached hydrogens (primary N) is 1. The van der Waals surface area contributed by atoms with Crippen LogP contribution in [0.5, 0.6) is 0 Å². The van der Waals surface area contributed by atoms with Crippen molar-refractivity contribution in [1.82, 2.24) is 4.90 Å². The molecule has 0 amide bonds. The monoisotopic (exact) mass is 250 g/mol. The van der Waals surface area contributed by atoms with Gasteiger partial charge in [-0.15, -0.1) is 0 Å². The van der Waals surface area contributed by atoms with Crippen molar-refractivity contribution >= 4 is 0 Å². The third-order valence-corrected chi connectivity index (χ3v) is 3.77. The van der Waals surface area contributed by atoms with Gasteiger partial charge in [-0.3, -0.25) is 4.90 Å².